The van der Waals surface area contributed by atoms with E-state index in [9.17, 15) is 13.2 Å². The molecule has 0 aliphatic rings. The largest absolute Gasteiger partial charge is 0.493 e. The Morgan fingerprint density at radius 1 is 1.00 bits per heavy atom. The summed E-state index contributed by atoms with van der Waals surface area (Å²) in [6.07, 6.45) is 1.13. The fourth-order valence-corrected chi connectivity index (χ4v) is 3.43. The van der Waals surface area contributed by atoms with Gasteiger partial charge in [-0.05, 0) is 29.8 Å². The third-order valence-corrected chi connectivity index (χ3v) is 5.43. The van der Waals surface area contributed by atoms with Gasteiger partial charge in [0.2, 0.25) is 17.5 Å². The number of nitrogens with zero attached hydrogens (tertiary/aromatic N) is 2. The minimum Gasteiger partial charge on any atom is -0.493 e. The molecular weight excluding hydrogens is 426 g/mol. The van der Waals surface area contributed by atoms with Crippen LogP contribution in [0.4, 0.5) is 6.01 Å². The molecule has 1 N–H and O–H groups in total. The Balaban J connectivity index is 1.73. The molecule has 164 valence electrons. The van der Waals surface area contributed by atoms with Gasteiger partial charge in [0.15, 0.2) is 21.3 Å². The second-order valence-electron chi connectivity index (χ2n) is 6.47. The van der Waals surface area contributed by atoms with E-state index in [1.54, 1.807) is 24.3 Å². The van der Waals surface area contributed by atoms with E-state index in [1.165, 1.54) is 33.5 Å². The van der Waals surface area contributed by atoms with Gasteiger partial charge in [-0.15, -0.1) is 5.10 Å². The molecule has 0 spiro atoms. The summed E-state index contributed by atoms with van der Waals surface area (Å²) in [6, 6.07) is 9.26. The number of aromatic nitrogens is 2. The van der Waals surface area contributed by atoms with Gasteiger partial charge in [-0.25, -0.2) is 8.42 Å². The van der Waals surface area contributed by atoms with Gasteiger partial charge in [0.25, 0.3) is 0 Å². The van der Waals surface area contributed by atoms with E-state index in [0.717, 1.165) is 6.26 Å². The molecule has 31 heavy (non-hydrogen) atoms. The lowest BCUT2D eigenvalue weighted by molar-refractivity contribution is -0.115. The molecule has 0 saturated carbocycles. The molecule has 3 rings (SSSR count). The Morgan fingerprint density at radius 3 is 2.13 bits per heavy atom. The monoisotopic (exact) mass is 447 g/mol. The van der Waals surface area contributed by atoms with E-state index in [2.05, 4.69) is 15.5 Å². The third kappa shape index (κ3) is 5.12. The van der Waals surface area contributed by atoms with Crippen LogP contribution in [0.5, 0.6) is 17.2 Å². The summed E-state index contributed by atoms with van der Waals surface area (Å²) >= 11 is 0. The van der Waals surface area contributed by atoms with Crippen molar-refractivity contribution < 1.29 is 31.8 Å². The summed E-state index contributed by atoms with van der Waals surface area (Å²) in [5.41, 5.74) is 1.15. The number of anilines is 1. The lowest BCUT2D eigenvalue weighted by atomic mass is 10.1. The van der Waals surface area contributed by atoms with E-state index < -0.39 is 15.7 Å². The van der Waals surface area contributed by atoms with Crippen LogP contribution >= 0.6 is 0 Å². The normalized spacial score (nSPS) is 11.1. The van der Waals surface area contributed by atoms with Crippen LogP contribution < -0.4 is 19.5 Å². The lowest BCUT2D eigenvalue weighted by Gasteiger charge is -2.12. The average molecular weight is 447 g/mol. The predicted molar refractivity (Wildman–Crippen MR) is 111 cm³/mol. The van der Waals surface area contributed by atoms with E-state index in [-0.39, 0.29) is 23.2 Å². The van der Waals surface area contributed by atoms with Gasteiger partial charge < -0.3 is 18.6 Å². The molecule has 0 radical (unpaired) electrons. The van der Waals surface area contributed by atoms with Crippen LogP contribution in [0.25, 0.3) is 11.5 Å². The Hall–Kier alpha value is -3.60. The van der Waals surface area contributed by atoms with Crippen molar-refractivity contribution in [2.24, 2.45) is 0 Å². The Labute approximate surface area is 179 Å². The van der Waals surface area contributed by atoms with Gasteiger partial charge >= 0.3 is 6.01 Å². The number of nitrogens with one attached hydrogen (secondary N) is 1. The Morgan fingerprint density at radius 2 is 1.61 bits per heavy atom. The minimum atomic E-state index is -3.29. The first-order valence-corrected chi connectivity index (χ1v) is 10.9. The maximum Gasteiger partial charge on any atom is 0.322 e. The highest BCUT2D eigenvalue weighted by Crippen LogP contribution is 2.41. The van der Waals surface area contributed by atoms with Crippen molar-refractivity contribution in [3.8, 4) is 28.7 Å². The number of methoxy groups -OCH3 is 3. The fourth-order valence-electron chi connectivity index (χ4n) is 2.80. The van der Waals surface area contributed by atoms with Crippen LogP contribution in [-0.4, -0.2) is 52.1 Å². The highest BCUT2D eigenvalue weighted by Gasteiger charge is 2.18. The lowest BCUT2D eigenvalue weighted by Crippen LogP contribution is -2.14. The maximum absolute atomic E-state index is 12.3. The number of benzene rings is 2. The number of hydrogen-bond acceptors (Lipinski definition) is 9. The SMILES string of the molecule is COc1cc(-c2nnc(NC(=O)Cc3ccc(S(C)(=O)=O)cc3)o2)cc(OC)c1OC. The van der Waals surface area contributed by atoms with Crippen molar-refractivity contribution in [2.45, 2.75) is 11.3 Å². The van der Waals surface area contributed by atoms with Crippen LogP contribution in [0.3, 0.4) is 0 Å². The highest BCUT2D eigenvalue weighted by molar-refractivity contribution is 7.90. The van der Waals surface area contributed by atoms with Crippen molar-refractivity contribution in [1.29, 1.82) is 0 Å². The number of sulfone groups is 1. The standard InChI is InChI=1S/C20H21N3O7S/c1-27-15-10-13(11-16(28-2)18(15)29-3)19-22-23-20(30-19)21-17(24)9-12-5-7-14(8-6-12)31(4,25)26/h5-8,10-11H,9H2,1-4H3,(H,21,23,24). The summed E-state index contributed by atoms with van der Waals surface area (Å²) in [4.78, 5) is 12.5. The predicted octanol–water partition coefficient (Wildman–Crippen LogP) is 2.35. The van der Waals surface area contributed by atoms with Crippen LogP contribution in [0.2, 0.25) is 0 Å². The van der Waals surface area contributed by atoms with Gasteiger partial charge in [0.1, 0.15) is 0 Å². The summed E-state index contributed by atoms with van der Waals surface area (Å²) in [5, 5.41) is 10.3. The number of carbonyl (C=O) groups is 1. The number of rotatable bonds is 8. The molecule has 2 aromatic carbocycles. The number of hydrogen-bond donors (Lipinski definition) is 1. The number of ether oxygens (including phenoxy) is 3. The van der Waals surface area contributed by atoms with E-state index >= 15 is 0 Å². The molecule has 0 aliphatic carbocycles. The molecule has 3 aromatic rings. The zero-order valence-corrected chi connectivity index (χ0v) is 18.1. The molecule has 0 bridgehead atoms. The van der Waals surface area contributed by atoms with Crippen LogP contribution in [-0.2, 0) is 21.1 Å². The molecule has 0 fully saturated rings. The molecule has 1 amide bonds. The Kier molecular flexibility index (Phi) is 6.44. The zero-order valence-electron chi connectivity index (χ0n) is 17.3. The van der Waals surface area contributed by atoms with Crippen LogP contribution in [0, 0.1) is 0 Å². The summed E-state index contributed by atoms with van der Waals surface area (Å²) in [7, 11) is 1.18. The van der Waals surface area contributed by atoms with Gasteiger partial charge in [-0.2, -0.15) is 0 Å². The molecule has 0 saturated heterocycles. The van der Waals surface area contributed by atoms with Gasteiger partial charge in [-0.3, -0.25) is 10.1 Å². The van der Waals surface area contributed by atoms with Crippen LogP contribution in [0.1, 0.15) is 5.56 Å². The van der Waals surface area contributed by atoms with Crippen LogP contribution in [0.15, 0.2) is 45.7 Å². The fraction of sp³-hybridized carbons (Fsp3) is 0.250. The van der Waals surface area contributed by atoms with E-state index in [0.29, 0.717) is 28.4 Å². The molecule has 1 aromatic heterocycles. The van der Waals surface area contributed by atoms with Crippen molar-refractivity contribution in [3.05, 3.63) is 42.0 Å². The summed E-state index contributed by atoms with van der Waals surface area (Å²) in [6.45, 7) is 0. The van der Waals surface area contributed by atoms with Crippen molar-refractivity contribution in [1.82, 2.24) is 10.2 Å². The molecule has 1 heterocycles. The smallest absolute Gasteiger partial charge is 0.322 e. The van der Waals surface area contributed by atoms with Gasteiger partial charge in [0, 0.05) is 11.8 Å². The topological polar surface area (TPSA) is 130 Å². The van der Waals surface area contributed by atoms with Gasteiger partial charge in [0.05, 0.1) is 32.6 Å². The quantitative estimate of drug-likeness (QED) is 0.553. The first kappa shape index (κ1) is 22.1. The molecule has 0 unspecified atom stereocenters. The first-order chi connectivity index (χ1) is 14.7. The minimum absolute atomic E-state index is 0.00589. The first-order valence-electron chi connectivity index (χ1n) is 8.98. The highest BCUT2D eigenvalue weighted by atomic mass is 32.2. The third-order valence-electron chi connectivity index (χ3n) is 4.30. The zero-order chi connectivity index (χ0) is 22.6. The average Bonchev–Trinajstić information content (AvgIpc) is 3.20. The van der Waals surface area contributed by atoms with Crippen molar-refractivity contribution in [3.63, 3.8) is 0 Å². The van der Waals surface area contributed by atoms with E-state index in [4.69, 9.17) is 18.6 Å². The Bertz CT molecular complexity index is 1160. The molecule has 0 atom stereocenters. The summed E-state index contributed by atoms with van der Waals surface area (Å²) in [5.74, 6) is 0.999. The number of carbonyl (C=O) groups excluding carboxylic acids is 1. The second-order valence-corrected chi connectivity index (χ2v) is 8.48. The van der Waals surface area contributed by atoms with Crippen molar-refractivity contribution >= 4 is 21.8 Å². The maximum atomic E-state index is 12.3. The van der Waals surface area contributed by atoms with Gasteiger partial charge in [-0.1, -0.05) is 17.2 Å². The van der Waals surface area contributed by atoms with E-state index in [1.807, 2.05) is 0 Å². The number of amides is 1. The summed E-state index contributed by atoms with van der Waals surface area (Å²) < 4.78 is 44.5. The van der Waals surface area contributed by atoms with Crippen molar-refractivity contribution in [2.75, 3.05) is 32.9 Å². The molecule has 11 heteroatoms. The molecular formula is C20H21N3O7S. The second kappa shape index (κ2) is 9.04. The molecule has 0 aliphatic heterocycles. The molecule has 10 nitrogen and oxygen atoms in total.